The van der Waals surface area contributed by atoms with E-state index in [1.807, 2.05) is 27.7 Å². The maximum atomic E-state index is 15.8. The molecule has 38 nitrogen and oxygen atoms in total. The fourth-order valence-electron chi connectivity index (χ4n) is 17.0. The van der Waals surface area contributed by atoms with Crippen molar-refractivity contribution in [2.75, 3.05) is 64.9 Å². The van der Waals surface area contributed by atoms with Crippen molar-refractivity contribution in [3.05, 3.63) is 102 Å². The van der Waals surface area contributed by atoms with Gasteiger partial charge in [0, 0.05) is 99.0 Å². The molecule has 0 aliphatic carbocycles. The second-order valence-electron chi connectivity index (χ2n) is 33.3. The number of carbonyl (C=O) groups excluding carboxylic acids is 16. The first-order valence-electron chi connectivity index (χ1n) is 43.2. The van der Waals surface area contributed by atoms with E-state index in [1.54, 1.807) is 54.7 Å². The molecule has 684 valence electrons. The number of nitrogens with zero attached hydrogens (tertiary/aromatic N) is 6. The number of fused-ring (bicyclic) bond motifs is 5. The third kappa shape index (κ3) is 26.0. The lowest BCUT2D eigenvalue weighted by atomic mass is 9.87. The second-order valence-corrected chi connectivity index (χ2v) is 34.3. The molecule has 0 saturated carbocycles. The number of aromatic hydroxyl groups is 1. The van der Waals surface area contributed by atoms with E-state index >= 15 is 28.8 Å². The van der Waals surface area contributed by atoms with E-state index in [2.05, 4.69) is 52.8 Å². The minimum absolute atomic E-state index is 0.00270. The van der Waals surface area contributed by atoms with Gasteiger partial charge in [-0.2, -0.15) is 0 Å². The number of thioether (sulfide) groups is 1. The highest BCUT2D eigenvalue weighted by Crippen LogP contribution is 2.31. The second kappa shape index (κ2) is 46.2. The predicted molar refractivity (Wildman–Crippen MR) is 466 cm³/mol. The highest BCUT2D eigenvalue weighted by Gasteiger charge is 2.46. The summed E-state index contributed by atoms with van der Waals surface area (Å²) in [6.07, 6.45) is 5.02. The van der Waals surface area contributed by atoms with Crippen LogP contribution >= 0.6 is 11.8 Å². The van der Waals surface area contributed by atoms with Gasteiger partial charge in [0.1, 0.15) is 78.8 Å². The van der Waals surface area contributed by atoms with Gasteiger partial charge in [0.2, 0.25) is 94.5 Å². The van der Waals surface area contributed by atoms with Gasteiger partial charge in [-0.15, -0.1) is 11.8 Å². The Morgan fingerprint density at radius 1 is 0.563 bits per heavy atom. The summed E-state index contributed by atoms with van der Waals surface area (Å²) in [6, 6.07) is 3.22. The number of benzene rings is 3. The number of unbranched alkanes of at least 4 members (excludes halogenated alkanes) is 2. The number of phenolic OH excluding ortho intramolecular Hbond substituents is 1. The van der Waals surface area contributed by atoms with Crippen LogP contribution in [0.2, 0.25) is 0 Å². The van der Waals surface area contributed by atoms with E-state index in [0.29, 0.717) is 70.6 Å². The summed E-state index contributed by atoms with van der Waals surface area (Å²) in [5.41, 5.74) is 20.0. The molecule has 2 aromatic heterocycles. The van der Waals surface area contributed by atoms with Crippen molar-refractivity contribution in [1.29, 1.82) is 0 Å². The Labute approximate surface area is 734 Å². The monoisotopic (exact) mass is 1770 g/mol. The summed E-state index contributed by atoms with van der Waals surface area (Å²) < 4.78 is 1.46. The van der Waals surface area contributed by atoms with Crippen LogP contribution in [0.1, 0.15) is 148 Å². The largest absolute Gasteiger partial charge is 0.508 e. The van der Waals surface area contributed by atoms with Gasteiger partial charge in [0.15, 0.2) is 0 Å². The molecule has 3 aromatic carbocycles. The molecule has 39 heteroatoms. The van der Waals surface area contributed by atoms with Crippen LogP contribution in [0, 0.1) is 11.8 Å². The summed E-state index contributed by atoms with van der Waals surface area (Å²) in [6.45, 7) is 6.73. The minimum Gasteiger partial charge on any atom is -0.508 e. The molecule has 6 heterocycles. The SMILES string of the molecule is CCCCC1C(=O)N(C)[C@H](C(=O)NCC(N)=O)CSCC(=O)N[C@@H](Cc2ccc(O)cc2)C(=O)N2CCC[C@H]2C(=O)N[C@H](CC(N)=O)C(=O)N2CCC[C@@H]2C(=O)NCC(=O)N[C@@H](C)C(=O)N2CCC[C@H]2C(=O)N[C@@H](Cc2c[nH]c3ccccc23)C(=O)N[C@@H](CCN)C(=O)N[C@@H](Cc2cn(CC(=O)O)c3ccccc23)C(=O)NC(CC(C)C)C(=O)N(C)C1CCCC. The third-order valence-corrected chi connectivity index (χ3v) is 24.5. The number of hydrogen-bond acceptors (Lipinski definition) is 20. The van der Waals surface area contributed by atoms with Gasteiger partial charge >= 0.3 is 5.97 Å². The average molecular weight is 1770 g/mol. The summed E-state index contributed by atoms with van der Waals surface area (Å²) >= 11 is 0.885. The maximum absolute atomic E-state index is 15.8. The van der Waals surface area contributed by atoms with Crippen LogP contribution in [-0.4, -0.2) is 282 Å². The molecule has 0 radical (unpaired) electrons. The van der Waals surface area contributed by atoms with Gasteiger partial charge in [-0.1, -0.05) is 102 Å². The predicted octanol–water partition coefficient (Wildman–Crippen LogP) is -0.287. The number of nitrogens with one attached hydrogen (secondary N) is 10. The third-order valence-electron chi connectivity index (χ3n) is 23.5. The Kier molecular flexibility index (Phi) is 35.8. The maximum Gasteiger partial charge on any atom is 0.323 e. The van der Waals surface area contributed by atoms with Crippen LogP contribution in [0.25, 0.3) is 21.8 Å². The van der Waals surface area contributed by atoms with E-state index in [4.69, 9.17) is 17.2 Å². The molecule has 0 bridgehead atoms. The molecule has 13 atom stereocenters. The fraction of sp³-hybridized carbons (Fsp3) is 0.552. The summed E-state index contributed by atoms with van der Waals surface area (Å²) in [5, 5.41) is 45.8. The fourth-order valence-corrected chi connectivity index (χ4v) is 18.0. The molecule has 4 aliphatic heterocycles. The Bertz CT molecular complexity index is 4790. The number of para-hydroxylation sites is 2. The smallest absolute Gasteiger partial charge is 0.323 e. The molecule has 16 amide bonds. The summed E-state index contributed by atoms with van der Waals surface area (Å²) in [5.74, 6) is -16.6. The number of aromatic nitrogens is 2. The molecule has 3 unspecified atom stereocenters. The van der Waals surface area contributed by atoms with E-state index in [1.165, 1.54) is 75.6 Å². The number of aliphatic carboxylic acids is 1. The number of amides is 16. The molecule has 4 fully saturated rings. The quantitative estimate of drug-likeness (QED) is 0.0400. The van der Waals surface area contributed by atoms with Crippen molar-refractivity contribution in [2.45, 2.75) is 229 Å². The minimum atomic E-state index is -1.67. The van der Waals surface area contributed by atoms with Crippen molar-refractivity contribution in [2.24, 2.45) is 29.0 Å². The molecule has 18 N–H and O–H groups in total. The lowest BCUT2D eigenvalue weighted by molar-refractivity contribution is -0.147. The van der Waals surface area contributed by atoms with Crippen LogP contribution in [-0.2, 0) is 107 Å². The van der Waals surface area contributed by atoms with Crippen LogP contribution in [0.3, 0.4) is 0 Å². The number of rotatable bonds is 23. The van der Waals surface area contributed by atoms with Gasteiger partial charge in [-0.05, 0) is 125 Å². The molecule has 126 heavy (non-hydrogen) atoms. The molecule has 4 aliphatic rings. The summed E-state index contributed by atoms with van der Waals surface area (Å²) in [7, 11) is 2.88. The highest BCUT2D eigenvalue weighted by atomic mass is 32.2. The van der Waals surface area contributed by atoms with E-state index < -0.39 is 211 Å². The molecular weight excluding hydrogens is 1650 g/mol. The number of carboxylic acid groups (broad SMARTS) is 1. The van der Waals surface area contributed by atoms with Gasteiger partial charge in [-0.25, -0.2) is 0 Å². The Morgan fingerprint density at radius 3 is 1.71 bits per heavy atom. The molecule has 0 spiro atoms. The number of nitrogens with two attached hydrogens (primary N) is 3. The normalized spacial score (nSPS) is 24.8. The number of likely N-dealkylation sites (N-methyl/N-ethyl adjacent to an activating group) is 2. The van der Waals surface area contributed by atoms with Crippen LogP contribution in [0.4, 0.5) is 0 Å². The zero-order valence-corrected chi connectivity index (χ0v) is 73.2. The molecule has 5 aromatic rings. The van der Waals surface area contributed by atoms with Gasteiger partial charge in [-0.3, -0.25) is 81.5 Å². The number of carbonyl (C=O) groups is 17. The van der Waals surface area contributed by atoms with Gasteiger partial charge in [0.25, 0.3) is 0 Å². The van der Waals surface area contributed by atoms with Crippen molar-refractivity contribution >= 4 is 134 Å². The first kappa shape index (κ1) is 97.6. The number of primary amides is 2. The van der Waals surface area contributed by atoms with Crippen molar-refractivity contribution in [3.63, 3.8) is 0 Å². The standard InChI is InChI=1S/C87H121N19O19S/c1-8-10-19-57-65(23-11-9-2)101(6)85(123)62(37-49(3)4)99-78(116)61(40-53-45-103(46-75(112)113)66-24-15-13-21-56(53)66)97-76(114)59(32-33-88)96-77(115)60(39-52-42-91-58-22-14-12-20-55(52)58)98-81(119)68-26-17-34-104(68)83(121)50(5)94-73(110)44-93-79(117)67-25-16-35-105(67)87(125)64(41-71(89)108)100-82(120)69-27-18-36-106(69)86(124)63(38-51-28-30-54(107)31-29-51)95-74(111)48-126-47-70(102(7)84(57)122)80(118)92-43-72(90)109/h12-15,20-22,24,28-31,42,45,49-50,57,59-65,67-70,91,107H,8-11,16-19,23,25-27,32-41,43-44,46-48,88H2,1-7H3,(H2,89,108)(H2,90,109)(H,92,118)(H,93,117)(H,94,110)(H,95,111)(H,96,115)(H,97,114)(H,98,119)(H,99,116)(H,100,120)(H,112,113)/t50-,57?,59-,60-,61-,62?,63-,64+,65?,67+,68-,69-,70-/m0/s1. The van der Waals surface area contributed by atoms with Crippen molar-refractivity contribution in [1.82, 2.24) is 81.9 Å². The first-order valence-corrected chi connectivity index (χ1v) is 44.3. The zero-order valence-electron chi connectivity index (χ0n) is 72.4. The molecule has 4 saturated heterocycles. The van der Waals surface area contributed by atoms with Crippen LogP contribution in [0.15, 0.2) is 85.2 Å². The number of H-pyrrole nitrogens is 1. The number of aromatic amines is 1. The molecule has 9 rings (SSSR count). The van der Waals surface area contributed by atoms with E-state index in [-0.39, 0.29) is 121 Å². The lowest BCUT2D eigenvalue weighted by Gasteiger charge is -2.39. The van der Waals surface area contributed by atoms with Crippen LogP contribution in [0.5, 0.6) is 5.75 Å². The number of phenols is 1. The Morgan fingerprint density at radius 2 is 1.11 bits per heavy atom. The van der Waals surface area contributed by atoms with Crippen LogP contribution < -0.4 is 65.1 Å². The Balaban J connectivity index is 1.09. The highest BCUT2D eigenvalue weighted by molar-refractivity contribution is 8.00. The van der Waals surface area contributed by atoms with E-state index in [9.17, 15) is 63.0 Å². The Hall–Kier alpha value is -12.2. The lowest BCUT2D eigenvalue weighted by Crippen LogP contribution is -2.61. The summed E-state index contributed by atoms with van der Waals surface area (Å²) in [4.78, 5) is 255. The average Bonchev–Trinajstić information content (AvgIpc) is 1.39. The van der Waals surface area contributed by atoms with Gasteiger partial charge in [0.05, 0.1) is 31.2 Å². The number of hydrogen-bond donors (Lipinski definition) is 15. The van der Waals surface area contributed by atoms with Gasteiger partial charge < -0.3 is 109 Å². The van der Waals surface area contributed by atoms with E-state index in [0.717, 1.165) is 16.7 Å². The number of carboxylic acids is 1. The zero-order chi connectivity index (χ0) is 91.8. The molecular formula is C87H121N19O19S. The van der Waals surface area contributed by atoms with Crippen molar-refractivity contribution < 1.29 is 91.7 Å². The topological polar surface area (TPSA) is 554 Å². The first-order chi connectivity index (χ1) is 60.1. The van der Waals surface area contributed by atoms with Crippen molar-refractivity contribution in [3.8, 4) is 5.75 Å².